The molecule has 2 aromatic rings. The van der Waals surface area contributed by atoms with Crippen LogP contribution in [0.2, 0.25) is 0 Å². The van der Waals surface area contributed by atoms with Crippen LogP contribution in [0.4, 0.5) is 0 Å². The Labute approximate surface area is 142 Å². The van der Waals surface area contributed by atoms with Crippen LogP contribution in [0.1, 0.15) is 11.4 Å². The van der Waals surface area contributed by atoms with Crippen molar-refractivity contribution in [3.8, 4) is 5.75 Å². The van der Waals surface area contributed by atoms with E-state index in [1.54, 1.807) is 11.3 Å². The van der Waals surface area contributed by atoms with Crippen molar-refractivity contribution < 1.29 is 4.74 Å². The van der Waals surface area contributed by atoms with Gasteiger partial charge in [-0.3, -0.25) is 4.90 Å². The summed E-state index contributed by atoms with van der Waals surface area (Å²) in [7, 11) is 0. The lowest BCUT2D eigenvalue weighted by Gasteiger charge is -2.34. The summed E-state index contributed by atoms with van der Waals surface area (Å²) >= 11 is 1.73. The first-order valence-corrected chi connectivity index (χ1v) is 9.12. The van der Waals surface area contributed by atoms with Crippen LogP contribution in [0.25, 0.3) is 10.2 Å². The van der Waals surface area contributed by atoms with Gasteiger partial charge in [0.2, 0.25) is 0 Å². The van der Waals surface area contributed by atoms with Crippen molar-refractivity contribution in [2.24, 2.45) is 0 Å². The predicted octanol–water partition coefficient (Wildman–Crippen LogP) is 3.18. The van der Waals surface area contributed by atoms with Crippen LogP contribution in [-0.4, -0.2) is 60.7 Å². The van der Waals surface area contributed by atoms with E-state index in [-0.39, 0.29) is 0 Å². The quantitative estimate of drug-likeness (QED) is 0.575. The number of aryl methyl sites for hydroxylation is 1. The minimum Gasteiger partial charge on any atom is -0.493 e. The smallest absolute Gasteiger partial charge is 0.121 e. The van der Waals surface area contributed by atoms with Gasteiger partial charge in [-0.05, 0) is 25.5 Å². The summed E-state index contributed by atoms with van der Waals surface area (Å²) in [6.45, 7) is 13.3. The largest absolute Gasteiger partial charge is 0.493 e. The Balaban J connectivity index is 1.38. The fourth-order valence-electron chi connectivity index (χ4n) is 2.97. The summed E-state index contributed by atoms with van der Waals surface area (Å²) in [4.78, 5) is 9.49. The molecule has 0 aliphatic carbocycles. The Bertz CT molecular complexity index is 647. The van der Waals surface area contributed by atoms with E-state index < -0.39 is 0 Å². The van der Waals surface area contributed by atoms with Gasteiger partial charge in [0.25, 0.3) is 0 Å². The van der Waals surface area contributed by atoms with Crippen LogP contribution in [0.5, 0.6) is 5.75 Å². The zero-order valence-corrected chi connectivity index (χ0v) is 14.6. The van der Waals surface area contributed by atoms with Gasteiger partial charge in [-0.1, -0.05) is 6.08 Å². The number of rotatable bonds is 7. The monoisotopic (exact) mass is 331 g/mol. The summed E-state index contributed by atoms with van der Waals surface area (Å²) in [5, 5.41) is 1.10. The number of hydrogen-bond acceptors (Lipinski definition) is 5. The minimum absolute atomic E-state index is 0.765. The fraction of sp³-hybridized carbons (Fsp3) is 0.500. The second kappa shape index (κ2) is 7.90. The SMILES string of the molecule is C=CCN1CCN(CCCOc2ccc3sc(C)nc3c2)CC1. The second-order valence-electron chi connectivity index (χ2n) is 6.00. The number of hydrogen-bond donors (Lipinski definition) is 0. The van der Waals surface area contributed by atoms with E-state index in [1.807, 2.05) is 25.1 Å². The van der Waals surface area contributed by atoms with Gasteiger partial charge in [-0.2, -0.15) is 0 Å². The molecule has 124 valence electrons. The zero-order chi connectivity index (χ0) is 16.1. The van der Waals surface area contributed by atoms with Crippen LogP contribution in [0.3, 0.4) is 0 Å². The number of piperazine rings is 1. The van der Waals surface area contributed by atoms with E-state index in [0.29, 0.717) is 0 Å². The lowest BCUT2D eigenvalue weighted by atomic mass is 10.3. The van der Waals surface area contributed by atoms with Crippen molar-refractivity contribution in [3.05, 3.63) is 35.9 Å². The number of ether oxygens (including phenoxy) is 1. The molecule has 4 nitrogen and oxygen atoms in total. The molecule has 0 unspecified atom stereocenters. The van der Waals surface area contributed by atoms with Crippen LogP contribution < -0.4 is 4.74 Å². The molecule has 1 aliphatic heterocycles. The first-order chi connectivity index (χ1) is 11.2. The van der Waals surface area contributed by atoms with Crippen molar-refractivity contribution in [1.82, 2.24) is 14.8 Å². The fourth-order valence-corrected chi connectivity index (χ4v) is 3.78. The summed E-state index contributed by atoms with van der Waals surface area (Å²) in [6.07, 6.45) is 3.06. The Morgan fingerprint density at radius 3 is 2.83 bits per heavy atom. The Kier molecular flexibility index (Phi) is 5.65. The van der Waals surface area contributed by atoms with Gasteiger partial charge < -0.3 is 9.64 Å². The first-order valence-electron chi connectivity index (χ1n) is 8.30. The van der Waals surface area contributed by atoms with Crippen molar-refractivity contribution in [2.75, 3.05) is 45.9 Å². The molecule has 23 heavy (non-hydrogen) atoms. The maximum absolute atomic E-state index is 5.89. The first kappa shape index (κ1) is 16.4. The molecule has 0 radical (unpaired) electrons. The van der Waals surface area contributed by atoms with Gasteiger partial charge in [0.15, 0.2) is 0 Å². The van der Waals surface area contributed by atoms with E-state index in [0.717, 1.165) is 68.6 Å². The lowest BCUT2D eigenvalue weighted by Crippen LogP contribution is -2.46. The van der Waals surface area contributed by atoms with Gasteiger partial charge >= 0.3 is 0 Å². The standard InChI is InChI=1S/C18H25N3OS/c1-3-7-20-9-11-21(12-10-20)8-4-13-22-16-5-6-18-17(14-16)19-15(2)23-18/h3,5-6,14H,1,4,7-13H2,2H3. The molecule has 1 aromatic carbocycles. The number of fused-ring (bicyclic) bond motifs is 1. The van der Waals surface area contributed by atoms with E-state index >= 15 is 0 Å². The van der Waals surface area contributed by atoms with E-state index in [1.165, 1.54) is 4.70 Å². The number of thiazole rings is 1. The summed E-state index contributed by atoms with van der Waals surface area (Å²) in [6, 6.07) is 6.20. The van der Waals surface area contributed by atoms with Crippen molar-refractivity contribution in [2.45, 2.75) is 13.3 Å². The highest BCUT2D eigenvalue weighted by atomic mass is 32.1. The molecule has 0 atom stereocenters. The molecule has 3 rings (SSSR count). The van der Waals surface area contributed by atoms with E-state index in [2.05, 4.69) is 27.4 Å². The normalized spacial score (nSPS) is 16.7. The highest BCUT2D eigenvalue weighted by Crippen LogP contribution is 2.25. The number of benzene rings is 1. The number of nitrogens with zero attached hydrogens (tertiary/aromatic N) is 3. The third-order valence-electron chi connectivity index (χ3n) is 4.21. The maximum atomic E-state index is 5.89. The third-order valence-corrected chi connectivity index (χ3v) is 5.16. The summed E-state index contributed by atoms with van der Waals surface area (Å²) in [5.41, 5.74) is 1.04. The second-order valence-corrected chi connectivity index (χ2v) is 7.23. The Morgan fingerprint density at radius 2 is 2.04 bits per heavy atom. The van der Waals surface area contributed by atoms with Crippen LogP contribution in [0.15, 0.2) is 30.9 Å². The summed E-state index contributed by atoms with van der Waals surface area (Å²) < 4.78 is 7.12. The minimum atomic E-state index is 0.765. The van der Waals surface area contributed by atoms with Gasteiger partial charge in [-0.15, -0.1) is 17.9 Å². The average molecular weight is 331 g/mol. The highest BCUT2D eigenvalue weighted by molar-refractivity contribution is 7.18. The lowest BCUT2D eigenvalue weighted by molar-refractivity contribution is 0.135. The van der Waals surface area contributed by atoms with Gasteiger partial charge in [0, 0.05) is 45.3 Å². The van der Waals surface area contributed by atoms with Crippen molar-refractivity contribution >= 4 is 21.6 Å². The van der Waals surface area contributed by atoms with Crippen LogP contribution in [0, 0.1) is 6.92 Å². The maximum Gasteiger partial charge on any atom is 0.121 e. The molecule has 1 fully saturated rings. The average Bonchev–Trinajstić information content (AvgIpc) is 2.92. The molecule has 0 saturated carbocycles. The molecule has 1 saturated heterocycles. The topological polar surface area (TPSA) is 28.6 Å². The van der Waals surface area contributed by atoms with Crippen molar-refractivity contribution in [3.63, 3.8) is 0 Å². The molecule has 1 aromatic heterocycles. The number of aromatic nitrogens is 1. The van der Waals surface area contributed by atoms with Crippen LogP contribution in [-0.2, 0) is 0 Å². The molecular formula is C18H25N3OS. The molecule has 0 spiro atoms. The molecule has 1 aliphatic rings. The van der Waals surface area contributed by atoms with E-state index in [4.69, 9.17) is 4.74 Å². The molecule has 0 amide bonds. The Morgan fingerprint density at radius 1 is 1.26 bits per heavy atom. The molecule has 2 heterocycles. The van der Waals surface area contributed by atoms with Crippen molar-refractivity contribution in [1.29, 1.82) is 0 Å². The van der Waals surface area contributed by atoms with E-state index in [9.17, 15) is 0 Å². The van der Waals surface area contributed by atoms with Gasteiger partial charge in [-0.25, -0.2) is 4.98 Å². The molecule has 5 heteroatoms. The van der Waals surface area contributed by atoms with Gasteiger partial charge in [0.1, 0.15) is 5.75 Å². The zero-order valence-electron chi connectivity index (χ0n) is 13.8. The predicted molar refractivity (Wildman–Crippen MR) is 97.5 cm³/mol. The third kappa shape index (κ3) is 4.53. The van der Waals surface area contributed by atoms with Gasteiger partial charge in [0.05, 0.1) is 21.8 Å². The molecule has 0 N–H and O–H groups in total. The highest BCUT2D eigenvalue weighted by Gasteiger charge is 2.15. The molecular weight excluding hydrogens is 306 g/mol. The molecule has 0 bridgehead atoms. The van der Waals surface area contributed by atoms with Crippen LogP contribution >= 0.6 is 11.3 Å². The summed E-state index contributed by atoms with van der Waals surface area (Å²) in [5.74, 6) is 0.929. The Hall–Kier alpha value is -1.43.